The van der Waals surface area contributed by atoms with Crippen LogP contribution < -0.4 is 19.7 Å². The van der Waals surface area contributed by atoms with Crippen LogP contribution in [-0.2, 0) is 0 Å². The Balaban J connectivity index is 1.18. The zero-order chi connectivity index (χ0) is 20.5. The van der Waals surface area contributed by atoms with Gasteiger partial charge in [-0.25, -0.2) is 0 Å². The van der Waals surface area contributed by atoms with Gasteiger partial charge in [0.05, 0.1) is 6.04 Å². The van der Waals surface area contributed by atoms with Crippen LogP contribution in [0.5, 0.6) is 11.5 Å². The van der Waals surface area contributed by atoms with Crippen LogP contribution in [0.25, 0.3) is 0 Å². The summed E-state index contributed by atoms with van der Waals surface area (Å²) in [6.07, 6.45) is 1.39. The summed E-state index contributed by atoms with van der Waals surface area (Å²) in [5.41, 5.74) is 3.81. The van der Waals surface area contributed by atoms with Crippen molar-refractivity contribution in [2.75, 3.05) is 31.2 Å². The first-order valence-corrected chi connectivity index (χ1v) is 10.1. The van der Waals surface area contributed by atoms with E-state index in [1.807, 2.05) is 13.0 Å². The molecule has 1 unspecified atom stereocenters. The third-order valence-corrected chi connectivity index (χ3v) is 5.70. The highest BCUT2D eigenvalue weighted by atomic mass is 16.6. The van der Waals surface area contributed by atoms with Crippen LogP contribution in [0.3, 0.4) is 0 Å². The van der Waals surface area contributed by atoms with Crippen molar-refractivity contribution < 1.29 is 18.8 Å². The Morgan fingerprint density at radius 3 is 2.57 bits per heavy atom. The predicted molar refractivity (Wildman–Crippen MR) is 111 cm³/mol. The second-order valence-electron chi connectivity index (χ2n) is 7.68. The van der Waals surface area contributed by atoms with Crippen LogP contribution in [0.15, 0.2) is 59.3 Å². The molecule has 2 aromatic carbocycles. The number of rotatable bonds is 5. The fourth-order valence-corrected chi connectivity index (χ4v) is 3.87. The lowest BCUT2D eigenvalue weighted by Crippen LogP contribution is -2.45. The molecule has 7 nitrogen and oxygen atoms in total. The highest BCUT2D eigenvalue weighted by Crippen LogP contribution is 2.38. The Bertz CT molecular complexity index is 1030. The van der Waals surface area contributed by atoms with E-state index >= 15 is 0 Å². The zero-order valence-electron chi connectivity index (χ0n) is 16.7. The molecule has 1 N–H and O–H groups in total. The van der Waals surface area contributed by atoms with E-state index < -0.39 is 0 Å². The smallest absolute Gasteiger partial charge is 0.273 e. The summed E-state index contributed by atoms with van der Waals surface area (Å²) in [5.74, 6) is 1.90. The van der Waals surface area contributed by atoms with Gasteiger partial charge in [0.1, 0.15) is 19.5 Å². The summed E-state index contributed by atoms with van der Waals surface area (Å²) in [6.45, 7) is 5.11. The second-order valence-corrected chi connectivity index (χ2v) is 7.68. The molecule has 1 atom stereocenters. The van der Waals surface area contributed by atoms with Gasteiger partial charge in [-0.05, 0) is 30.2 Å². The number of hydrogen-bond donors (Lipinski definition) is 1. The first-order valence-electron chi connectivity index (χ1n) is 10.1. The molecule has 2 aliphatic heterocycles. The van der Waals surface area contributed by atoms with Gasteiger partial charge in [0.15, 0.2) is 17.2 Å². The predicted octanol–water partition coefficient (Wildman–Crippen LogP) is 3.54. The maximum atomic E-state index is 12.1. The Hall–Kier alpha value is -3.48. The van der Waals surface area contributed by atoms with Gasteiger partial charge in [-0.2, -0.15) is 0 Å². The van der Waals surface area contributed by atoms with Crippen molar-refractivity contribution in [3.8, 4) is 11.5 Å². The van der Waals surface area contributed by atoms with Crippen LogP contribution >= 0.6 is 0 Å². The molecule has 5 rings (SSSR count). The molecule has 3 aromatic rings. The van der Waals surface area contributed by atoms with Crippen molar-refractivity contribution in [1.82, 2.24) is 10.5 Å². The van der Waals surface area contributed by atoms with Crippen molar-refractivity contribution in [1.29, 1.82) is 0 Å². The van der Waals surface area contributed by atoms with Gasteiger partial charge in [-0.3, -0.25) is 4.79 Å². The van der Waals surface area contributed by atoms with E-state index in [1.165, 1.54) is 11.8 Å². The quantitative estimate of drug-likeness (QED) is 0.700. The molecule has 1 amide bonds. The molecule has 1 aromatic heterocycles. The monoisotopic (exact) mass is 405 g/mol. The van der Waals surface area contributed by atoms with Crippen LogP contribution in [0, 0.1) is 0 Å². The number of aromatic nitrogens is 1. The number of hydrogen-bond acceptors (Lipinski definition) is 6. The number of ether oxygens (including phenoxy) is 2. The van der Waals surface area contributed by atoms with E-state index in [-0.39, 0.29) is 17.6 Å². The third kappa shape index (κ3) is 3.58. The highest BCUT2D eigenvalue weighted by molar-refractivity contribution is 5.92. The number of amides is 1. The maximum absolute atomic E-state index is 12.1. The van der Waals surface area contributed by atoms with Gasteiger partial charge in [0, 0.05) is 36.8 Å². The first kappa shape index (κ1) is 18.5. The Morgan fingerprint density at radius 2 is 1.83 bits per heavy atom. The standard InChI is InChI=1S/C23H23N3O4/c1-15(24-23(27)20-8-9-30-25-20)16-2-4-17(5-3-16)18-13-26(14-18)19-6-7-21-22(12-19)29-11-10-28-21/h2-9,12,15,18H,10-11,13-14H2,1H3,(H,24,27). The summed E-state index contributed by atoms with van der Waals surface area (Å²) in [4.78, 5) is 14.5. The molecule has 0 saturated carbocycles. The Labute approximate surface area is 174 Å². The molecule has 7 heteroatoms. The molecular formula is C23H23N3O4. The number of benzene rings is 2. The van der Waals surface area contributed by atoms with Crippen molar-refractivity contribution in [3.63, 3.8) is 0 Å². The minimum Gasteiger partial charge on any atom is -0.486 e. The minimum absolute atomic E-state index is 0.112. The molecule has 1 saturated heterocycles. The van der Waals surface area contributed by atoms with E-state index in [2.05, 4.69) is 51.8 Å². The number of anilines is 1. The average Bonchev–Trinajstić information content (AvgIpc) is 3.28. The number of carbonyl (C=O) groups excluding carboxylic acids is 1. The summed E-state index contributed by atoms with van der Waals surface area (Å²) < 4.78 is 16.0. The fraction of sp³-hybridized carbons (Fsp3) is 0.304. The SMILES string of the molecule is CC(NC(=O)c1ccon1)c1ccc(C2CN(c3ccc4c(c3)OCCO4)C2)cc1. The molecule has 154 valence electrons. The number of fused-ring (bicyclic) bond motifs is 1. The van der Waals surface area contributed by atoms with E-state index in [0.29, 0.717) is 19.1 Å². The van der Waals surface area contributed by atoms with Gasteiger partial charge in [0.25, 0.3) is 5.91 Å². The summed E-state index contributed by atoms with van der Waals surface area (Å²) >= 11 is 0. The van der Waals surface area contributed by atoms with E-state index in [1.54, 1.807) is 6.07 Å². The maximum Gasteiger partial charge on any atom is 0.273 e. The normalized spacial score (nSPS) is 16.6. The number of carbonyl (C=O) groups is 1. The third-order valence-electron chi connectivity index (χ3n) is 5.70. The van der Waals surface area contributed by atoms with Gasteiger partial charge in [-0.15, -0.1) is 0 Å². The topological polar surface area (TPSA) is 76.8 Å². The van der Waals surface area contributed by atoms with E-state index in [9.17, 15) is 4.79 Å². The van der Waals surface area contributed by atoms with Gasteiger partial charge < -0.3 is 24.2 Å². The molecule has 1 fully saturated rings. The first-order chi connectivity index (χ1) is 14.7. The molecule has 0 spiro atoms. The molecule has 0 bridgehead atoms. The van der Waals surface area contributed by atoms with Crippen molar-refractivity contribution in [2.24, 2.45) is 0 Å². The molecular weight excluding hydrogens is 382 g/mol. The lowest BCUT2D eigenvalue weighted by molar-refractivity contribution is 0.0930. The summed E-state index contributed by atoms with van der Waals surface area (Å²) in [5, 5.41) is 6.61. The van der Waals surface area contributed by atoms with Crippen LogP contribution in [0.1, 0.15) is 40.5 Å². The van der Waals surface area contributed by atoms with Crippen LogP contribution in [0.4, 0.5) is 5.69 Å². The Morgan fingerprint density at radius 1 is 1.07 bits per heavy atom. The summed E-state index contributed by atoms with van der Waals surface area (Å²) in [7, 11) is 0. The molecule has 2 aliphatic rings. The molecule has 30 heavy (non-hydrogen) atoms. The Kier molecular flexibility index (Phi) is 4.78. The largest absolute Gasteiger partial charge is 0.486 e. The van der Waals surface area contributed by atoms with Gasteiger partial charge in [-0.1, -0.05) is 29.4 Å². The average molecular weight is 405 g/mol. The highest BCUT2D eigenvalue weighted by Gasteiger charge is 2.29. The van der Waals surface area contributed by atoms with Gasteiger partial charge in [0.2, 0.25) is 0 Å². The van der Waals surface area contributed by atoms with E-state index in [4.69, 9.17) is 14.0 Å². The lowest BCUT2D eigenvalue weighted by atomic mass is 9.90. The van der Waals surface area contributed by atoms with Crippen LogP contribution in [-0.4, -0.2) is 37.4 Å². The number of nitrogens with one attached hydrogen (secondary N) is 1. The fourth-order valence-electron chi connectivity index (χ4n) is 3.87. The van der Waals surface area contributed by atoms with Gasteiger partial charge >= 0.3 is 0 Å². The zero-order valence-corrected chi connectivity index (χ0v) is 16.7. The van der Waals surface area contributed by atoms with Crippen molar-refractivity contribution >= 4 is 11.6 Å². The number of nitrogens with zero attached hydrogens (tertiary/aromatic N) is 2. The van der Waals surface area contributed by atoms with Crippen molar-refractivity contribution in [2.45, 2.75) is 18.9 Å². The van der Waals surface area contributed by atoms with Crippen molar-refractivity contribution in [3.05, 3.63) is 71.6 Å². The molecule has 3 heterocycles. The van der Waals surface area contributed by atoms with E-state index in [0.717, 1.165) is 35.8 Å². The lowest BCUT2D eigenvalue weighted by Gasteiger charge is -2.41. The molecule has 0 radical (unpaired) electrons. The molecule has 0 aliphatic carbocycles. The summed E-state index contributed by atoms with van der Waals surface area (Å²) in [6, 6.07) is 16.0. The minimum atomic E-state index is -0.241. The van der Waals surface area contributed by atoms with Crippen LogP contribution in [0.2, 0.25) is 0 Å². The second kappa shape index (κ2) is 7.74.